The summed E-state index contributed by atoms with van der Waals surface area (Å²) in [6, 6.07) is 9.97. The van der Waals surface area contributed by atoms with Crippen LogP contribution >= 0.6 is 11.3 Å². The van der Waals surface area contributed by atoms with Crippen LogP contribution in [0.25, 0.3) is 10.9 Å². The van der Waals surface area contributed by atoms with Gasteiger partial charge in [-0.3, -0.25) is 4.79 Å². The van der Waals surface area contributed by atoms with Gasteiger partial charge in [-0.2, -0.15) is 11.3 Å². The van der Waals surface area contributed by atoms with Crippen molar-refractivity contribution in [2.45, 2.75) is 6.54 Å². The van der Waals surface area contributed by atoms with Crippen molar-refractivity contribution in [2.24, 2.45) is 0 Å². The van der Waals surface area contributed by atoms with Crippen molar-refractivity contribution in [3.8, 4) is 0 Å². The zero-order valence-electron chi connectivity index (χ0n) is 9.17. The number of hydrogen-bond acceptors (Lipinski definition) is 2. The van der Waals surface area contributed by atoms with Gasteiger partial charge in [0.1, 0.15) is 6.29 Å². The Morgan fingerprint density at radius 3 is 2.94 bits per heavy atom. The average Bonchev–Trinajstić information content (AvgIpc) is 2.99. The van der Waals surface area contributed by atoms with Crippen LogP contribution in [0.15, 0.2) is 47.3 Å². The van der Waals surface area contributed by atoms with E-state index in [1.165, 1.54) is 11.1 Å². The smallest absolute Gasteiger partial charge is 0.150 e. The Morgan fingerprint density at radius 2 is 2.18 bits per heavy atom. The standard InChI is InChI=1S/C14H11NOS/c16-9-11-1-2-14-13(7-11)3-5-15(14)8-12-4-6-17-10-12/h1-7,9-10H,8H2. The fourth-order valence-corrected chi connectivity index (χ4v) is 2.67. The molecule has 0 bridgehead atoms. The quantitative estimate of drug-likeness (QED) is 0.643. The molecular formula is C14H11NOS. The third kappa shape index (κ3) is 1.89. The van der Waals surface area contributed by atoms with E-state index in [1.54, 1.807) is 11.3 Å². The van der Waals surface area contributed by atoms with Gasteiger partial charge in [0.05, 0.1) is 0 Å². The highest BCUT2D eigenvalue weighted by Crippen LogP contribution is 2.19. The molecule has 0 saturated heterocycles. The van der Waals surface area contributed by atoms with Crippen molar-refractivity contribution in [1.29, 1.82) is 0 Å². The molecule has 0 aliphatic carbocycles. The highest BCUT2D eigenvalue weighted by Gasteiger charge is 2.02. The van der Waals surface area contributed by atoms with Gasteiger partial charge in [-0.25, -0.2) is 0 Å². The van der Waals surface area contributed by atoms with Gasteiger partial charge in [-0.05, 0) is 46.7 Å². The van der Waals surface area contributed by atoms with Crippen LogP contribution in [0.2, 0.25) is 0 Å². The molecule has 17 heavy (non-hydrogen) atoms. The molecule has 3 rings (SSSR count). The monoisotopic (exact) mass is 241 g/mol. The largest absolute Gasteiger partial charge is 0.343 e. The lowest BCUT2D eigenvalue weighted by molar-refractivity contribution is 0.112. The molecule has 0 aliphatic heterocycles. The van der Waals surface area contributed by atoms with E-state index in [4.69, 9.17) is 0 Å². The Bertz CT molecular complexity index is 652. The van der Waals surface area contributed by atoms with E-state index in [2.05, 4.69) is 33.7 Å². The molecule has 3 heteroatoms. The van der Waals surface area contributed by atoms with Gasteiger partial charge in [0.25, 0.3) is 0 Å². The van der Waals surface area contributed by atoms with Crippen molar-refractivity contribution in [3.63, 3.8) is 0 Å². The molecule has 0 saturated carbocycles. The SMILES string of the molecule is O=Cc1ccc2c(ccn2Cc2ccsc2)c1. The fourth-order valence-electron chi connectivity index (χ4n) is 2.01. The minimum absolute atomic E-state index is 0.728. The predicted octanol–water partition coefficient (Wildman–Crippen LogP) is 3.56. The molecule has 2 heterocycles. The number of nitrogens with zero attached hydrogens (tertiary/aromatic N) is 1. The Hall–Kier alpha value is -1.87. The second-order valence-corrected chi connectivity index (χ2v) is 4.79. The van der Waals surface area contributed by atoms with Crippen LogP contribution in [-0.4, -0.2) is 10.9 Å². The van der Waals surface area contributed by atoms with Gasteiger partial charge in [0, 0.05) is 29.2 Å². The first-order valence-electron chi connectivity index (χ1n) is 5.42. The summed E-state index contributed by atoms with van der Waals surface area (Å²) in [5.74, 6) is 0. The van der Waals surface area contributed by atoms with Crippen LogP contribution in [0.1, 0.15) is 15.9 Å². The molecule has 2 aromatic heterocycles. The molecule has 0 amide bonds. The van der Waals surface area contributed by atoms with Gasteiger partial charge in [0.15, 0.2) is 0 Å². The second kappa shape index (κ2) is 4.18. The van der Waals surface area contributed by atoms with Crippen LogP contribution in [0.5, 0.6) is 0 Å². The van der Waals surface area contributed by atoms with E-state index in [0.717, 1.165) is 23.8 Å². The molecule has 84 valence electrons. The van der Waals surface area contributed by atoms with Crippen molar-refractivity contribution in [2.75, 3.05) is 0 Å². The number of fused-ring (bicyclic) bond motifs is 1. The van der Waals surface area contributed by atoms with Crippen molar-refractivity contribution >= 4 is 28.5 Å². The number of rotatable bonds is 3. The molecule has 0 atom stereocenters. The summed E-state index contributed by atoms with van der Waals surface area (Å²) in [4.78, 5) is 10.7. The van der Waals surface area contributed by atoms with Crippen LogP contribution in [0, 0.1) is 0 Å². The zero-order valence-corrected chi connectivity index (χ0v) is 9.98. The van der Waals surface area contributed by atoms with E-state index in [9.17, 15) is 4.79 Å². The topological polar surface area (TPSA) is 22.0 Å². The summed E-state index contributed by atoms with van der Waals surface area (Å²) in [6.45, 7) is 0.882. The number of carbonyl (C=O) groups is 1. The number of carbonyl (C=O) groups excluding carboxylic acids is 1. The molecular weight excluding hydrogens is 230 g/mol. The average molecular weight is 241 g/mol. The molecule has 0 fully saturated rings. The minimum atomic E-state index is 0.728. The second-order valence-electron chi connectivity index (χ2n) is 4.01. The summed E-state index contributed by atoms with van der Waals surface area (Å²) in [5.41, 5.74) is 3.21. The van der Waals surface area contributed by atoms with Crippen molar-refractivity contribution in [1.82, 2.24) is 4.57 Å². The minimum Gasteiger partial charge on any atom is -0.343 e. The highest BCUT2D eigenvalue weighted by molar-refractivity contribution is 7.07. The number of benzene rings is 1. The van der Waals surface area contributed by atoms with E-state index in [0.29, 0.717) is 0 Å². The Balaban J connectivity index is 2.03. The van der Waals surface area contributed by atoms with Gasteiger partial charge < -0.3 is 4.57 Å². The molecule has 3 aromatic rings. The lowest BCUT2D eigenvalue weighted by Crippen LogP contribution is -1.96. The molecule has 0 aliphatic rings. The molecule has 0 radical (unpaired) electrons. The summed E-state index contributed by atoms with van der Waals surface area (Å²) >= 11 is 1.71. The van der Waals surface area contributed by atoms with Crippen LogP contribution in [0.3, 0.4) is 0 Å². The lowest BCUT2D eigenvalue weighted by Gasteiger charge is -2.03. The van der Waals surface area contributed by atoms with Crippen LogP contribution < -0.4 is 0 Å². The van der Waals surface area contributed by atoms with Crippen molar-refractivity contribution in [3.05, 3.63) is 58.4 Å². The third-order valence-electron chi connectivity index (χ3n) is 2.86. The van der Waals surface area contributed by atoms with Crippen LogP contribution in [0.4, 0.5) is 0 Å². The molecule has 0 N–H and O–H groups in total. The van der Waals surface area contributed by atoms with E-state index in [1.807, 2.05) is 18.2 Å². The molecule has 2 nitrogen and oxygen atoms in total. The van der Waals surface area contributed by atoms with Gasteiger partial charge in [-0.1, -0.05) is 0 Å². The first-order chi connectivity index (χ1) is 8.36. The Labute approximate surface area is 103 Å². The Morgan fingerprint density at radius 1 is 1.24 bits per heavy atom. The summed E-state index contributed by atoms with van der Waals surface area (Å²) in [5, 5.41) is 5.36. The fraction of sp³-hybridized carbons (Fsp3) is 0.0714. The molecule has 0 unspecified atom stereocenters. The third-order valence-corrected chi connectivity index (χ3v) is 3.60. The number of thiophene rings is 1. The van der Waals surface area contributed by atoms with E-state index < -0.39 is 0 Å². The number of hydrogen-bond donors (Lipinski definition) is 0. The normalized spacial score (nSPS) is 10.8. The van der Waals surface area contributed by atoms with E-state index in [-0.39, 0.29) is 0 Å². The zero-order chi connectivity index (χ0) is 11.7. The maximum absolute atomic E-state index is 10.7. The number of aldehydes is 1. The van der Waals surface area contributed by atoms with E-state index >= 15 is 0 Å². The summed E-state index contributed by atoms with van der Waals surface area (Å²) < 4.78 is 2.20. The number of aromatic nitrogens is 1. The van der Waals surface area contributed by atoms with Gasteiger partial charge in [-0.15, -0.1) is 0 Å². The highest BCUT2D eigenvalue weighted by atomic mass is 32.1. The van der Waals surface area contributed by atoms with Gasteiger partial charge >= 0.3 is 0 Å². The predicted molar refractivity (Wildman–Crippen MR) is 70.7 cm³/mol. The Kier molecular flexibility index (Phi) is 2.53. The summed E-state index contributed by atoms with van der Waals surface area (Å²) in [6.07, 6.45) is 2.95. The summed E-state index contributed by atoms with van der Waals surface area (Å²) in [7, 11) is 0. The van der Waals surface area contributed by atoms with Gasteiger partial charge in [0.2, 0.25) is 0 Å². The lowest BCUT2D eigenvalue weighted by atomic mass is 10.2. The first-order valence-corrected chi connectivity index (χ1v) is 6.36. The van der Waals surface area contributed by atoms with Crippen LogP contribution in [-0.2, 0) is 6.54 Å². The van der Waals surface area contributed by atoms with Crippen molar-refractivity contribution < 1.29 is 4.79 Å². The maximum atomic E-state index is 10.7. The molecule has 1 aromatic carbocycles. The molecule has 0 spiro atoms. The first kappa shape index (κ1) is 10.3. The maximum Gasteiger partial charge on any atom is 0.150 e.